The Morgan fingerprint density at radius 1 is 1.26 bits per heavy atom. The molecule has 31 heavy (non-hydrogen) atoms. The first-order chi connectivity index (χ1) is 14.7. The molecule has 0 spiro atoms. The van der Waals surface area contributed by atoms with Crippen molar-refractivity contribution in [2.24, 2.45) is 11.8 Å². The van der Waals surface area contributed by atoms with Crippen molar-refractivity contribution in [2.45, 2.75) is 57.8 Å². The van der Waals surface area contributed by atoms with Gasteiger partial charge in [-0.25, -0.2) is 12.8 Å². The summed E-state index contributed by atoms with van der Waals surface area (Å²) < 4.78 is 44.4. The van der Waals surface area contributed by atoms with Crippen LogP contribution in [0.3, 0.4) is 0 Å². The van der Waals surface area contributed by atoms with Gasteiger partial charge >= 0.3 is 0 Å². The van der Waals surface area contributed by atoms with E-state index in [1.165, 1.54) is 11.5 Å². The molecule has 1 N–H and O–H groups in total. The number of ether oxygens (including phenoxy) is 1. The van der Waals surface area contributed by atoms with E-state index in [9.17, 15) is 22.4 Å². The number of halogens is 1. The smallest absolute Gasteiger partial charge is 0.229 e. The first-order valence-electron chi connectivity index (χ1n) is 10.9. The van der Waals surface area contributed by atoms with Crippen LogP contribution < -0.4 is 10.1 Å². The number of unbranched alkanes of at least 4 members (excludes halogenated alkanes) is 1. The van der Waals surface area contributed by atoms with Gasteiger partial charge in [-0.1, -0.05) is 19.1 Å². The molecular weight excluding hydrogens is 421 g/mol. The maximum atomic E-state index is 14.0. The second-order valence-electron chi connectivity index (χ2n) is 8.63. The number of imide groups is 1. The van der Waals surface area contributed by atoms with Crippen molar-refractivity contribution >= 4 is 21.7 Å². The van der Waals surface area contributed by atoms with Crippen molar-refractivity contribution in [2.75, 3.05) is 12.4 Å². The lowest BCUT2D eigenvalue weighted by Crippen LogP contribution is -2.40. The zero-order valence-corrected chi connectivity index (χ0v) is 18.6. The first kappa shape index (κ1) is 23.4. The van der Waals surface area contributed by atoms with Crippen LogP contribution >= 0.6 is 0 Å². The number of rotatable bonds is 11. The highest BCUT2D eigenvalue weighted by molar-refractivity contribution is 7.94. The summed E-state index contributed by atoms with van der Waals surface area (Å²) in [5, 5.41) is 3.56. The van der Waals surface area contributed by atoms with Crippen LogP contribution in [-0.4, -0.2) is 32.6 Å². The van der Waals surface area contributed by atoms with Gasteiger partial charge in [-0.2, -0.15) is 0 Å². The van der Waals surface area contributed by atoms with Gasteiger partial charge in [0.05, 0.1) is 12.4 Å². The molecule has 0 radical (unpaired) electrons. The largest absolute Gasteiger partial charge is 0.490 e. The molecule has 2 atom stereocenters. The van der Waals surface area contributed by atoms with Gasteiger partial charge in [0.25, 0.3) is 0 Å². The maximum absolute atomic E-state index is 14.0. The van der Waals surface area contributed by atoms with Crippen molar-refractivity contribution in [3.05, 3.63) is 41.1 Å². The first-order valence-corrected chi connectivity index (χ1v) is 12.6. The zero-order valence-electron chi connectivity index (χ0n) is 17.8. The number of hydrogen-bond donors (Lipinski definition) is 1. The standard InChI is InChI=1S/C23H30FNO5S/c1-16(19-8-10-20(24)21(13-19)30-14-17-6-7-17)15-31(28,29)12-4-2-3-5-18-9-11-22(26)25-23(18)27/h4,8,10,12-13,16-18H,2-3,5-7,9,11,14-15H2,1H3,(H,25,26,27)/b12-4+/t16-,18?/m0/s1. The number of piperidine rings is 1. The van der Waals surface area contributed by atoms with E-state index in [1.807, 2.05) is 0 Å². The number of amides is 2. The molecule has 1 saturated heterocycles. The Kier molecular flexibility index (Phi) is 7.86. The molecule has 8 heteroatoms. The van der Waals surface area contributed by atoms with Gasteiger partial charge in [0, 0.05) is 17.7 Å². The Bertz CT molecular complexity index is 939. The molecule has 6 nitrogen and oxygen atoms in total. The Morgan fingerprint density at radius 3 is 2.74 bits per heavy atom. The lowest BCUT2D eigenvalue weighted by molar-refractivity contribution is -0.136. The quantitative estimate of drug-likeness (QED) is 0.407. The van der Waals surface area contributed by atoms with E-state index < -0.39 is 15.7 Å². The molecular formula is C23H30FNO5S. The molecule has 2 amide bonds. The van der Waals surface area contributed by atoms with Gasteiger partial charge in [-0.15, -0.1) is 0 Å². The second-order valence-corrected chi connectivity index (χ2v) is 10.6. The third-order valence-electron chi connectivity index (χ3n) is 5.76. The molecule has 2 fully saturated rings. The van der Waals surface area contributed by atoms with Crippen LogP contribution in [0.2, 0.25) is 0 Å². The lowest BCUT2D eigenvalue weighted by Gasteiger charge is -2.20. The normalized spacial score (nSPS) is 20.6. The summed E-state index contributed by atoms with van der Waals surface area (Å²) in [5.41, 5.74) is 0.724. The maximum Gasteiger partial charge on any atom is 0.229 e. The number of benzene rings is 1. The monoisotopic (exact) mass is 451 g/mol. The van der Waals surface area contributed by atoms with E-state index in [0.29, 0.717) is 44.6 Å². The highest BCUT2D eigenvalue weighted by atomic mass is 32.2. The van der Waals surface area contributed by atoms with Crippen LogP contribution in [0, 0.1) is 17.7 Å². The van der Waals surface area contributed by atoms with Gasteiger partial charge in [-0.3, -0.25) is 14.9 Å². The van der Waals surface area contributed by atoms with Crippen molar-refractivity contribution < 1.29 is 27.1 Å². The van der Waals surface area contributed by atoms with Gasteiger partial charge < -0.3 is 4.74 Å². The van der Waals surface area contributed by atoms with Crippen molar-refractivity contribution in [1.82, 2.24) is 5.32 Å². The summed E-state index contributed by atoms with van der Waals surface area (Å²) in [4.78, 5) is 22.9. The third kappa shape index (κ3) is 7.45. The minimum Gasteiger partial charge on any atom is -0.490 e. The van der Waals surface area contributed by atoms with E-state index in [0.717, 1.165) is 18.4 Å². The van der Waals surface area contributed by atoms with Crippen LogP contribution in [0.1, 0.15) is 63.4 Å². The minimum atomic E-state index is -3.43. The molecule has 3 rings (SSSR count). The number of hydrogen-bond acceptors (Lipinski definition) is 5. The van der Waals surface area contributed by atoms with E-state index in [4.69, 9.17) is 4.74 Å². The number of nitrogens with one attached hydrogen (secondary N) is 1. The molecule has 1 aromatic carbocycles. The summed E-state index contributed by atoms with van der Waals surface area (Å²) in [6, 6.07) is 4.52. The van der Waals surface area contributed by atoms with Crippen molar-refractivity contribution in [1.29, 1.82) is 0 Å². The Balaban J connectivity index is 1.46. The second kappa shape index (κ2) is 10.4. The summed E-state index contributed by atoms with van der Waals surface area (Å²) in [7, 11) is -3.43. The number of carbonyl (C=O) groups excluding carboxylic acids is 2. The van der Waals surface area contributed by atoms with Gasteiger partial charge in [0.1, 0.15) is 0 Å². The fraction of sp³-hybridized carbons (Fsp3) is 0.565. The molecule has 2 aliphatic rings. The number of carbonyl (C=O) groups is 2. The van der Waals surface area contributed by atoms with Crippen molar-refractivity contribution in [3.8, 4) is 5.75 Å². The number of allylic oxidation sites excluding steroid dienone is 1. The van der Waals surface area contributed by atoms with Crippen molar-refractivity contribution in [3.63, 3.8) is 0 Å². The molecule has 1 aromatic rings. The predicted octanol–water partition coefficient (Wildman–Crippen LogP) is 3.87. The predicted molar refractivity (Wildman–Crippen MR) is 116 cm³/mol. The fourth-order valence-corrected chi connectivity index (χ4v) is 5.07. The van der Waals surface area contributed by atoms with E-state index in [2.05, 4.69) is 5.32 Å². The van der Waals surface area contributed by atoms with Gasteiger partial charge in [0.2, 0.25) is 11.8 Å². The van der Waals surface area contributed by atoms with E-state index in [1.54, 1.807) is 25.1 Å². The van der Waals surface area contributed by atoms with Gasteiger partial charge in [-0.05, 0) is 68.1 Å². The molecule has 1 aliphatic heterocycles. The van der Waals surface area contributed by atoms with Crippen LogP contribution in [0.5, 0.6) is 5.75 Å². The minimum absolute atomic E-state index is 0.0790. The Morgan fingerprint density at radius 2 is 2.03 bits per heavy atom. The average molecular weight is 452 g/mol. The lowest BCUT2D eigenvalue weighted by atomic mass is 9.93. The van der Waals surface area contributed by atoms with Crippen LogP contribution in [0.4, 0.5) is 4.39 Å². The Labute approximate surface area is 183 Å². The molecule has 1 saturated carbocycles. The molecule has 1 heterocycles. The Hall–Kier alpha value is -2.22. The highest BCUT2D eigenvalue weighted by Gasteiger charge is 2.26. The SMILES string of the molecule is C[C@@H](CS(=O)(=O)/C=C/CCCC1CCC(=O)NC1=O)c1ccc(F)c(OCC2CC2)c1. The van der Waals surface area contributed by atoms with Crippen LogP contribution in [0.25, 0.3) is 0 Å². The number of sulfone groups is 1. The van der Waals surface area contributed by atoms with Crippen LogP contribution in [-0.2, 0) is 19.4 Å². The fourth-order valence-electron chi connectivity index (χ4n) is 3.64. The highest BCUT2D eigenvalue weighted by Crippen LogP contribution is 2.31. The topological polar surface area (TPSA) is 89.5 Å². The van der Waals surface area contributed by atoms with E-state index >= 15 is 0 Å². The van der Waals surface area contributed by atoms with Crippen LogP contribution in [0.15, 0.2) is 29.7 Å². The average Bonchev–Trinajstić information content (AvgIpc) is 3.52. The summed E-state index contributed by atoms with van der Waals surface area (Å²) >= 11 is 0. The molecule has 1 aliphatic carbocycles. The molecule has 170 valence electrons. The summed E-state index contributed by atoms with van der Waals surface area (Å²) in [6.45, 7) is 2.29. The summed E-state index contributed by atoms with van der Waals surface area (Å²) in [6.07, 6.45) is 6.57. The summed E-state index contributed by atoms with van der Waals surface area (Å²) in [5.74, 6) is -0.788. The van der Waals surface area contributed by atoms with E-state index in [-0.39, 0.29) is 35.2 Å². The zero-order chi connectivity index (χ0) is 22.4. The van der Waals surface area contributed by atoms with Gasteiger partial charge in [0.15, 0.2) is 21.4 Å². The molecule has 0 aromatic heterocycles. The third-order valence-corrected chi connectivity index (χ3v) is 7.33. The molecule has 0 bridgehead atoms. The molecule has 1 unspecified atom stereocenters.